The summed E-state index contributed by atoms with van der Waals surface area (Å²) in [4.78, 5) is 12.3. The van der Waals surface area contributed by atoms with Gasteiger partial charge in [-0.15, -0.1) is 0 Å². The van der Waals surface area contributed by atoms with Crippen LogP contribution >= 0.6 is 11.6 Å². The zero-order valence-electron chi connectivity index (χ0n) is 14.4. The summed E-state index contributed by atoms with van der Waals surface area (Å²) in [6.07, 6.45) is 2.69. The number of halogens is 1. The summed E-state index contributed by atoms with van der Waals surface area (Å²) < 4.78 is 30.2. The highest BCUT2D eigenvalue weighted by molar-refractivity contribution is 7.88. The Bertz CT molecular complexity index is 886. The molecule has 0 atom stereocenters. The van der Waals surface area contributed by atoms with E-state index in [4.69, 9.17) is 16.0 Å². The Hall–Kier alpha value is -1.83. The van der Waals surface area contributed by atoms with Crippen LogP contribution in [0.1, 0.15) is 23.4 Å². The zero-order chi connectivity index (χ0) is 18.7. The Morgan fingerprint density at radius 2 is 1.92 bits per heavy atom. The summed E-state index contributed by atoms with van der Waals surface area (Å²) in [6, 6.07) is 10.6. The van der Waals surface area contributed by atoms with Crippen molar-refractivity contribution in [2.45, 2.75) is 12.8 Å². The van der Waals surface area contributed by atoms with Crippen LogP contribution in [0.25, 0.3) is 11.3 Å². The van der Waals surface area contributed by atoms with Gasteiger partial charge in [-0.2, -0.15) is 0 Å². The van der Waals surface area contributed by atoms with E-state index in [0.29, 0.717) is 30.4 Å². The normalized spacial score (nSPS) is 16.5. The topological polar surface area (TPSA) is 79.6 Å². The van der Waals surface area contributed by atoms with E-state index in [1.54, 1.807) is 18.2 Å². The first-order valence-corrected chi connectivity index (χ1v) is 10.7. The van der Waals surface area contributed by atoms with Crippen molar-refractivity contribution in [2.75, 3.05) is 25.9 Å². The number of furan rings is 1. The quantitative estimate of drug-likeness (QED) is 0.842. The van der Waals surface area contributed by atoms with E-state index in [1.807, 2.05) is 18.2 Å². The van der Waals surface area contributed by atoms with Crippen molar-refractivity contribution in [3.05, 3.63) is 47.2 Å². The van der Waals surface area contributed by atoms with Crippen LogP contribution in [0.5, 0.6) is 0 Å². The van der Waals surface area contributed by atoms with Crippen molar-refractivity contribution < 1.29 is 17.6 Å². The fraction of sp³-hybridized carbons (Fsp3) is 0.389. The molecular formula is C18H21ClN2O4S. The van der Waals surface area contributed by atoms with Crippen LogP contribution in [0.3, 0.4) is 0 Å². The predicted molar refractivity (Wildman–Crippen MR) is 101 cm³/mol. The van der Waals surface area contributed by atoms with Crippen LogP contribution in [0, 0.1) is 5.92 Å². The van der Waals surface area contributed by atoms with Crippen LogP contribution in [-0.2, 0) is 10.0 Å². The number of nitrogens with zero attached hydrogens (tertiary/aromatic N) is 1. The fourth-order valence-electron chi connectivity index (χ4n) is 3.03. The lowest BCUT2D eigenvalue weighted by Crippen LogP contribution is -2.41. The molecule has 26 heavy (non-hydrogen) atoms. The Labute approximate surface area is 158 Å². The second-order valence-corrected chi connectivity index (χ2v) is 8.85. The third-order valence-corrected chi connectivity index (χ3v) is 6.20. The monoisotopic (exact) mass is 396 g/mol. The van der Waals surface area contributed by atoms with Gasteiger partial charge in [-0.25, -0.2) is 12.7 Å². The minimum atomic E-state index is -3.13. The summed E-state index contributed by atoms with van der Waals surface area (Å²) in [5.41, 5.74) is 0.737. The molecule has 1 saturated heterocycles. The Morgan fingerprint density at radius 3 is 2.58 bits per heavy atom. The van der Waals surface area contributed by atoms with Gasteiger partial charge in [0, 0.05) is 25.2 Å². The molecular weight excluding hydrogens is 376 g/mol. The molecule has 140 valence electrons. The van der Waals surface area contributed by atoms with Crippen molar-refractivity contribution in [3.63, 3.8) is 0 Å². The molecule has 0 aliphatic carbocycles. The van der Waals surface area contributed by atoms with Gasteiger partial charge < -0.3 is 9.73 Å². The first-order chi connectivity index (χ1) is 12.3. The lowest BCUT2D eigenvalue weighted by molar-refractivity contribution is 0.0914. The maximum Gasteiger partial charge on any atom is 0.287 e. The summed E-state index contributed by atoms with van der Waals surface area (Å²) in [5.74, 6) is 0.750. The van der Waals surface area contributed by atoms with Crippen molar-refractivity contribution in [1.82, 2.24) is 9.62 Å². The number of nitrogens with one attached hydrogen (secondary N) is 1. The Morgan fingerprint density at radius 1 is 1.23 bits per heavy atom. The van der Waals surface area contributed by atoms with Crippen LogP contribution in [0.4, 0.5) is 0 Å². The number of benzene rings is 1. The molecule has 1 aliphatic rings. The number of sulfonamides is 1. The maximum atomic E-state index is 12.3. The standard InChI is InChI=1S/C18H21ClN2O4S/c1-26(23,24)21-10-8-13(9-11-21)12-20-18(22)17-7-6-16(25-17)14-4-2-3-5-15(14)19/h2-7,13H,8-12H2,1H3,(H,20,22). The number of carbonyl (C=O) groups excluding carboxylic acids is 1. The number of hydrogen-bond donors (Lipinski definition) is 1. The predicted octanol–water partition coefficient (Wildman–Crippen LogP) is 3.00. The molecule has 2 aromatic rings. The van der Waals surface area contributed by atoms with Gasteiger partial charge in [-0.3, -0.25) is 4.79 Å². The zero-order valence-corrected chi connectivity index (χ0v) is 16.0. The number of amides is 1. The highest BCUT2D eigenvalue weighted by Gasteiger charge is 2.25. The van der Waals surface area contributed by atoms with Gasteiger partial charge >= 0.3 is 0 Å². The minimum Gasteiger partial charge on any atom is -0.451 e. The van der Waals surface area contributed by atoms with Crippen LogP contribution in [0.2, 0.25) is 5.02 Å². The molecule has 0 spiro atoms. The van der Waals surface area contributed by atoms with Gasteiger partial charge in [-0.05, 0) is 43.0 Å². The van der Waals surface area contributed by atoms with Gasteiger partial charge in [-0.1, -0.05) is 23.7 Å². The summed E-state index contributed by atoms with van der Waals surface area (Å²) in [6.45, 7) is 1.49. The van der Waals surface area contributed by atoms with Crippen LogP contribution in [0.15, 0.2) is 40.8 Å². The molecule has 1 aromatic heterocycles. The number of carbonyl (C=O) groups is 1. The summed E-state index contributed by atoms with van der Waals surface area (Å²) in [7, 11) is -3.13. The molecule has 0 bridgehead atoms. The molecule has 1 amide bonds. The first kappa shape index (κ1) is 18.9. The van der Waals surface area contributed by atoms with E-state index in [2.05, 4.69) is 5.32 Å². The molecule has 1 N–H and O–H groups in total. The largest absolute Gasteiger partial charge is 0.451 e. The summed E-state index contributed by atoms with van der Waals surface area (Å²) >= 11 is 6.15. The van der Waals surface area contributed by atoms with Gasteiger partial charge in [0.1, 0.15) is 5.76 Å². The Kier molecular flexibility index (Phi) is 5.70. The highest BCUT2D eigenvalue weighted by Crippen LogP contribution is 2.29. The van der Waals surface area contributed by atoms with E-state index in [0.717, 1.165) is 18.4 Å². The van der Waals surface area contributed by atoms with Gasteiger partial charge in [0.05, 0.1) is 11.3 Å². The van der Waals surface area contributed by atoms with E-state index in [1.165, 1.54) is 10.6 Å². The molecule has 1 fully saturated rings. The number of piperidine rings is 1. The average molecular weight is 397 g/mol. The molecule has 0 saturated carbocycles. The smallest absolute Gasteiger partial charge is 0.287 e. The van der Waals surface area contributed by atoms with Gasteiger partial charge in [0.25, 0.3) is 5.91 Å². The fourth-order valence-corrected chi connectivity index (χ4v) is 4.14. The van der Waals surface area contributed by atoms with E-state index in [-0.39, 0.29) is 17.6 Å². The molecule has 1 aromatic carbocycles. The lowest BCUT2D eigenvalue weighted by atomic mass is 9.98. The SMILES string of the molecule is CS(=O)(=O)N1CCC(CNC(=O)c2ccc(-c3ccccc3Cl)o2)CC1. The second-order valence-electron chi connectivity index (χ2n) is 6.46. The van der Waals surface area contributed by atoms with E-state index in [9.17, 15) is 13.2 Å². The van der Waals surface area contributed by atoms with Crippen molar-refractivity contribution in [1.29, 1.82) is 0 Å². The van der Waals surface area contributed by atoms with Gasteiger partial charge in [0.2, 0.25) is 10.0 Å². The lowest BCUT2D eigenvalue weighted by Gasteiger charge is -2.30. The number of hydrogen-bond acceptors (Lipinski definition) is 4. The van der Waals surface area contributed by atoms with Crippen molar-refractivity contribution in [3.8, 4) is 11.3 Å². The number of rotatable bonds is 5. The molecule has 3 rings (SSSR count). The van der Waals surface area contributed by atoms with Crippen LogP contribution < -0.4 is 5.32 Å². The Balaban J connectivity index is 1.54. The molecule has 2 heterocycles. The molecule has 0 radical (unpaired) electrons. The average Bonchev–Trinajstić information content (AvgIpc) is 3.09. The molecule has 0 unspecified atom stereocenters. The first-order valence-electron chi connectivity index (χ1n) is 8.42. The third kappa shape index (κ3) is 4.47. The molecule has 8 heteroatoms. The second kappa shape index (κ2) is 7.82. The molecule has 6 nitrogen and oxygen atoms in total. The van der Waals surface area contributed by atoms with E-state index < -0.39 is 10.0 Å². The van der Waals surface area contributed by atoms with E-state index >= 15 is 0 Å². The van der Waals surface area contributed by atoms with Gasteiger partial charge in [0.15, 0.2) is 5.76 Å². The molecule has 1 aliphatic heterocycles. The minimum absolute atomic E-state index is 0.230. The third-order valence-electron chi connectivity index (χ3n) is 4.56. The summed E-state index contributed by atoms with van der Waals surface area (Å²) in [5, 5.41) is 3.43. The maximum absolute atomic E-state index is 12.3. The van der Waals surface area contributed by atoms with Crippen molar-refractivity contribution >= 4 is 27.5 Å². The van der Waals surface area contributed by atoms with Crippen molar-refractivity contribution in [2.24, 2.45) is 5.92 Å². The highest BCUT2D eigenvalue weighted by atomic mass is 35.5. The van der Waals surface area contributed by atoms with Crippen LogP contribution in [-0.4, -0.2) is 44.5 Å².